The number of thiazole rings is 1. The maximum absolute atomic E-state index is 11.9. The van der Waals surface area contributed by atoms with Crippen molar-refractivity contribution < 1.29 is 8.42 Å². The number of nitrogens with zero attached hydrogens (tertiary/aromatic N) is 1. The van der Waals surface area contributed by atoms with Crippen molar-refractivity contribution >= 4 is 31.4 Å². The van der Waals surface area contributed by atoms with E-state index in [1.165, 1.54) is 11.3 Å². The Bertz CT molecular complexity index is 599. The molecule has 6 heteroatoms. The van der Waals surface area contributed by atoms with Gasteiger partial charge in [0.15, 0.2) is 9.84 Å². The molecule has 18 heavy (non-hydrogen) atoms. The Balaban J connectivity index is 2.13. The standard InChI is InChI=1S/C12H16N2O2S2/c1-9(13)6-7-18(15,16)8-12-14-10-4-2-3-5-11(10)17-12/h2-5,9H,6-8,13H2,1H3. The Hall–Kier alpha value is -0.980. The van der Waals surface area contributed by atoms with Crippen LogP contribution in [0, 0.1) is 0 Å². The highest BCUT2D eigenvalue weighted by atomic mass is 32.2. The Morgan fingerprint density at radius 2 is 2.11 bits per heavy atom. The van der Waals surface area contributed by atoms with E-state index in [1.54, 1.807) is 0 Å². The van der Waals surface area contributed by atoms with Gasteiger partial charge in [-0.3, -0.25) is 0 Å². The van der Waals surface area contributed by atoms with E-state index in [9.17, 15) is 8.42 Å². The van der Waals surface area contributed by atoms with Crippen LogP contribution in [0.3, 0.4) is 0 Å². The third-order valence-corrected chi connectivity index (χ3v) is 5.36. The van der Waals surface area contributed by atoms with Gasteiger partial charge in [-0.05, 0) is 25.5 Å². The summed E-state index contributed by atoms with van der Waals surface area (Å²) in [6.07, 6.45) is 0.493. The van der Waals surface area contributed by atoms with Gasteiger partial charge < -0.3 is 5.73 Å². The highest BCUT2D eigenvalue weighted by molar-refractivity contribution is 7.90. The van der Waals surface area contributed by atoms with Gasteiger partial charge in [0, 0.05) is 6.04 Å². The molecule has 0 spiro atoms. The largest absolute Gasteiger partial charge is 0.328 e. The van der Waals surface area contributed by atoms with Crippen molar-refractivity contribution in [2.45, 2.75) is 25.1 Å². The van der Waals surface area contributed by atoms with Gasteiger partial charge in [-0.2, -0.15) is 0 Å². The van der Waals surface area contributed by atoms with Gasteiger partial charge >= 0.3 is 0 Å². The molecule has 0 amide bonds. The molecule has 1 aromatic heterocycles. The second-order valence-electron chi connectivity index (χ2n) is 4.43. The summed E-state index contributed by atoms with van der Waals surface area (Å²) in [6.45, 7) is 1.81. The van der Waals surface area contributed by atoms with Gasteiger partial charge in [0.25, 0.3) is 0 Å². The molecule has 0 fully saturated rings. The van der Waals surface area contributed by atoms with Gasteiger partial charge in [0.1, 0.15) is 10.8 Å². The Kier molecular flexibility index (Phi) is 3.99. The Morgan fingerprint density at radius 1 is 1.39 bits per heavy atom. The molecule has 0 aliphatic rings. The topological polar surface area (TPSA) is 73.1 Å². The molecule has 2 N–H and O–H groups in total. The third-order valence-electron chi connectivity index (χ3n) is 2.57. The van der Waals surface area contributed by atoms with E-state index in [-0.39, 0.29) is 17.5 Å². The first-order valence-corrected chi connectivity index (χ1v) is 8.40. The van der Waals surface area contributed by atoms with Gasteiger partial charge in [-0.25, -0.2) is 13.4 Å². The lowest BCUT2D eigenvalue weighted by molar-refractivity contribution is 0.586. The van der Waals surface area contributed by atoms with Crippen LogP contribution in [0.15, 0.2) is 24.3 Å². The van der Waals surface area contributed by atoms with Crippen LogP contribution >= 0.6 is 11.3 Å². The summed E-state index contributed by atoms with van der Waals surface area (Å²) >= 11 is 1.44. The minimum atomic E-state index is -3.11. The zero-order valence-electron chi connectivity index (χ0n) is 10.2. The van der Waals surface area contributed by atoms with Crippen LogP contribution in [-0.4, -0.2) is 25.2 Å². The van der Waals surface area contributed by atoms with Gasteiger partial charge in [0.2, 0.25) is 0 Å². The molecule has 0 aliphatic carbocycles. The van der Waals surface area contributed by atoms with Crippen molar-refractivity contribution in [1.82, 2.24) is 4.98 Å². The number of aromatic nitrogens is 1. The molecule has 98 valence electrons. The predicted octanol–water partition coefficient (Wildman–Crippen LogP) is 1.95. The Labute approximate surface area is 111 Å². The molecule has 0 bridgehead atoms. The number of rotatable bonds is 5. The molecule has 0 saturated carbocycles. The van der Waals surface area contributed by atoms with Crippen LogP contribution in [0.4, 0.5) is 0 Å². The molecule has 0 aliphatic heterocycles. The molecule has 1 unspecified atom stereocenters. The van der Waals surface area contributed by atoms with Crippen molar-refractivity contribution in [3.63, 3.8) is 0 Å². The summed E-state index contributed by atoms with van der Waals surface area (Å²) < 4.78 is 24.8. The fourth-order valence-corrected chi connectivity index (χ4v) is 4.46. The van der Waals surface area contributed by atoms with Crippen LogP contribution in [0.1, 0.15) is 18.4 Å². The number of nitrogens with two attached hydrogens (primary N) is 1. The zero-order chi connectivity index (χ0) is 13.2. The summed E-state index contributed by atoms with van der Waals surface area (Å²) in [5.41, 5.74) is 6.44. The van der Waals surface area contributed by atoms with E-state index in [0.29, 0.717) is 11.4 Å². The van der Waals surface area contributed by atoms with Crippen molar-refractivity contribution in [3.05, 3.63) is 29.3 Å². The first kappa shape index (κ1) is 13.5. The van der Waals surface area contributed by atoms with E-state index in [0.717, 1.165) is 10.2 Å². The molecule has 2 rings (SSSR count). The van der Waals surface area contributed by atoms with E-state index >= 15 is 0 Å². The maximum Gasteiger partial charge on any atom is 0.156 e. The van der Waals surface area contributed by atoms with Crippen molar-refractivity contribution in [1.29, 1.82) is 0 Å². The molecule has 4 nitrogen and oxygen atoms in total. The molecule has 1 aromatic carbocycles. The molecule has 0 radical (unpaired) electrons. The molecular formula is C12H16N2O2S2. The summed E-state index contributed by atoms with van der Waals surface area (Å²) in [4.78, 5) is 4.33. The van der Waals surface area contributed by atoms with E-state index in [1.807, 2.05) is 31.2 Å². The summed E-state index contributed by atoms with van der Waals surface area (Å²) in [7, 11) is -3.11. The van der Waals surface area contributed by atoms with Gasteiger partial charge in [-0.1, -0.05) is 12.1 Å². The number of para-hydroxylation sites is 1. The second-order valence-corrected chi connectivity index (χ2v) is 7.73. The van der Waals surface area contributed by atoms with Gasteiger partial charge in [-0.15, -0.1) is 11.3 Å². The SMILES string of the molecule is CC(N)CCS(=O)(=O)Cc1nc2ccccc2s1. The lowest BCUT2D eigenvalue weighted by Gasteiger charge is -2.04. The highest BCUT2D eigenvalue weighted by Gasteiger charge is 2.15. The minimum Gasteiger partial charge on any atom is -0.328 e. The quantitative estimate of drug-likeness (QED) is 0.910. The monoisotopic (exact) mass is 284 g/mol. The average molecular weight is 284 g/mol. The van der Waals surface area contributed by atoms with Crippen LogP contribution in [0.25, 0.3) is 10.2 Å². The predicted molar refractivity (Wildman–Crippen MR) is 75.4 cm³/mol. The van der Waals surface area contributed by atoms with E-state index < -0.39 is 9.84 Å². The Morgan fingerprint density at radius 3 is 2.78 bits per heavy atom. The lowest BCUT2D eigenvalue weighted by atomic mass is 10.3. The molecule has 1 atom stereocenters. The zero-order valence-corrected chi connectivity index (χ0v) is 11.8. The lowest BCUT2D eigenvalue weighted by Crippen LogP contribution is -2.20. The third kappa shape index (κ3) is 3.51. The fraction of sp³-hybridized carbons (Fsp3) is 0.417. The normalized spacial score (nSPS) is 13.9. The minimum absolute atomic E-state index is 0.0130. The molecule has 2 aromatic rings. The summed E-state index contributed by atoms with van der Waals surface area (Å²) in [6, 6.07) is 7.58. The van der Waals surface area contributed by atoms with Crippen molar-refractivity contribution in [2.24, 2.45) is 5.73 Å². The molecule has 0 saturated heterocycles. The summed E-state index contributed by atoms with van der Waals surface area (Å²) in [5, 5.41) is 0.654. The van der Waals surface area contributed by atoms with Crippen molar-refractivity contribution in [2.75, 3.05) is 5.75 Å². The number of hydrogen-bond acceptors (Lipinski definition) is 5. The average Bonchev–Trinajstić information content (AvgIpc) is 2.67. The van der Waals surface area contributed by atoms with Crippen molar-refractivity contribution in [3.8, 4) is 0 Å². The highest BCUT2D eigenvalue weighted by Crippen LogP contribution is 2.23. The van der Waals surface area contributed by atoms with Gasteiger partial charge in [0.05, 0.1) is 16.0 Å². The summed E-state index contributed by atoms with van der Waals surface area (Å²) in [5.74, 6) is 0.139. The number of fused-ring (bicyclic) bond motifs is 1. The fourth-order valence-electron chi connectivity index (χ4n) is 1.61. The molecule has 1 heterocycles. The first-order valence-electron chi connectivity index (χ1n) is 5.77. The maximum atomic E-state index is 11.9. The van der Waals surface area contributed by atoms with E-state index in [4.69, 9.17) is 5.73 Å². The molecular weight excluding hydrogens is 268 g/mol. The van der Waals surface area contributed by atoms with Crippen LogP contribution in [-0.2, 0) is 15.6 Å². The van der Waals surface area contributed by atoms with Crippen LogP contribution < -0.4 is 5.73 Å². The number of sulfone groups is 1. The second kappa shape index (κ2) is 5.34. The van der Waals surface area contributed by atoms with E-state index in [2.05, 4.69) is 4.98 Å². The van der Waals surface area contributed by atoms with Crippen LogP contribution in [0.2, 0.25) is 0 Å². The van der Waals surface area contributed by atoms with Crippen LogP contribution in [0.5, 0.6) is 0 Å². The smallest absolute Gasteiger partial charge is 0.156 e. The number of hydrogen-bond donors (Lipinski definition) is 1. The first-order chi connectivity index (χ1) is 8.46. The number of benzene rings is 1.